The molecule has 4 bridgehead atoms. The summed E-state index contributed by atoms with van der Waals surface area (Å²) >= 11 is 0. The summed E-state index contributed by atoms with van der Waals surface area (Å²) in [6.07, 6.45) is 4.19. The quantitative estimate of drug-likeness (QED) is 0.363. The number of hydrogen-bond donors (Lipinski definition) is 4. The summed E-state index contributed by atoms with van der Waals surface area (Å²) < 4.78 is 7.40. The lowest BCUT2D eigenvalue weighted by atomic mass is 9.59. The van der Waals surface area contributed by atoms with Gasteiger partial charge in [0.1, 0.15) is 5.60 Å². The van der Waals surface area contributed by atoms with E-state index in [1.54, 1.807) is 0 Å². The normalized spacial score (nSPS) is 37.7. The molecule has 10 unspecified atom stereocenters. The summed E-state index contributed by atoms with van der Waals surface area (Å²) in [5.41, 5.74) is 1.01. The number of aromatic hydroxyl groups is 2. The largest absolute Gasteiger partial charge is 0.494 e. The molecule has 38 heavy (non-hydrogen) atoms. The van der Waals surface area contributed by atoms with Gasteiger partial charge >= 0.3 is 11.9 Å². The number of aliphatic carboxylic acids is 1. The van der Waals surface area contributed by atoms with Gasteiger partial charge in [0.15, 0.2) is 11.8 Å². The molecule has 1 heterocycles. The summed E-state index contributed by atoms with van der Waals surface area (Å²) in [6.45, 7) is 10.2. The summed E-state index contributed by atoms with van der Waals surface area (Å²) in [7, 11) is 0. The Morgan fingerprint density at radius 3 is 2.21 bits per heavy atom. The zero-order chi connectivity index (χ0) is 27.7. The molecule has 212 valence electrons. The Morgan fingerprint density at radius 2 is 1.63 bits per heavy atom. The zero-order valence-electron chi connectivity index (χ0n) is 23.4. The van der Waals surface area contributed by atoms with E-state index in [4.69, 9.17) is 4.74 Å². The standard InChI is InChI=1S/C30H45NO7/c1-6-17-25(27(34)31(26(17)33)8-7-9-32)23-16-11-19(21(13-16)29(37)38-30(3,4)5)24(23)22-14(2)18-10-15(22)12-20(18)28(35)36/h14-16,18-24,32-34H,6-13H2,1-5H3,(H,35,36). The molecule has 0 aliphatic heterocycles. The molecule has 0 radical (unpaired) electrons. The van der Waals surface area contributed by atoms with Crippen LogP contribution in [0, 0.1) is 53.3 Å². The predicted molar refractivity (Wildman–Crippen MR) is 141 cm³/mol. The van der Waals surface area contributed by atoms with Crippen LogP contribution in [-0.2, 0) is 27.3 Å². The minimum Gasteiger partial charge on any atom is -0.494 e. The Kier molecular flexibility index (Phi) is 7.02. The van der Waals surface area contributed by atoms with Crippen molar-refractivity contribution in [2.75, 3.05) is 6.61 Å². The molecule has 8 heteroatoms. The van der Waals surface area contributed by atoms with Crippen LogP contribution in [0.15, 0.2) is 0 Å². The number of carbonyl (C=O) groups is 2. The van der Waals surface area contributed by atoms with Crippen LogP contribution in [0.25, 0.3) is 0 Å². The smallest absolute Gasteiger partial charge is 0.309 e. The van der Waals surface area contributed by atoms with E-state index in [1.807, 2.05) is 27.7 Å². The van der Waals surface area contributed by atoms with E-state index in [0.717, 1.165) is 24.0 Å². The minimum atomic E-state index is -0.698. The van der Waals surface area contributed by atoms with Crippen molar-refractivity contribution >= 4 is 11.9 Å². The molecule has 1 aromatic rings. The summed E-state index contributed by atoms with van der Waals surface area (Å²) in [5.74, 6) is 0.179. The van der Waals surface area contributed by atoms with Gasteiger partial charge in [0.2, 0.25) is 0 Å². The maximum Gasteiger partial charge on any atom is 0.309 e. The van der Waals surface area contributed by atoms with E-state index in [9.17, 15) is 30.0 Å². The van der Waals surface area contributed by atoms with E-state index in [0.29, 0.717) is 38.1 Å². The molecule has 4 fully saturated rings. The van der Waals surface area contributed by atoms with Crippen LogP contribution in [0.3, 0.4) is 0 Å². The van der Waals surface area contributed by atoms with E-state index in [1.165, 1.54) is 4.57 Å². The molecule has 0 amide bonds. The fourth-order valence-electron chi connectivity index (χ4n) is 9.49. The zero-order valence-corrected chi connectivity index (χ0v) is 23.4. The van der Waals surface area contributed by atoms with Crippen molar-refractivity contribution in [2.45, 2.75) is 91.2 Å². The first kappa shape index (κ1) is 27.4. The molecular weight excluding hydrogens is 486 g/mol. The molecule has 10 atom stereocenters. The third-order valence-corrected chi connectivity index (χ3v) is 10.6. The monoisotopic (exact) mass is 531 g/mol. The van der Waals surface area contributed by atoms with Crippen molar-refractivity contribution in [2.24, 2.45) is 53.3 Å². The maximum absolute atomic E-state index is 13.4. The number of carboxylic acid groups (broad SMARTS) is 1. The predicted octanol–water partition coefficient (Wildman–Crippen LogP) is 4.53. The Labute approximate surface area is 225 Å². The van der Waals surface area contributed by atoms with Gasteiger partial charge in [0.25, 0.3) is 0 Å². The molecule has 4 saturated carbocycles. The molecule has 4 N–H and O–H groups in total. The highest BCUT2D eigenvalue weighted by Gasteiger charge is 2.64. The van der Waals surface area contributed by atoms with Crippen molar-refractivity contribution in [1.82, 2.24) is 4.57 Å². The minimum absolute atomic E-state index is 0.00462. The van der Waals surface area contributed by atoms with Gasteiger partial charge in [-0.1, -0.05) is 13.8 Å². The lowest BCUT2D eigenvalue weighted by Crippen LogP contribution is -2.43. The Balaban J connectivity index is 1.56. The maximum atomic E-state index is 13.4. The number of ether oxygens (including phenoxy) is 1. The highest BCUT2D eigenvalue weighted by atomic mass is 16.6. The van der Waals surface area contributed by atoms with Crippen LogP contribution < -0.4 is 0 Å². The molecule has 0 aromatic carbocycles. The van der Waals surface area contributed by atoms with Crippen LogP contribution in [-0.4, -0.2) is 49.1 Å². The summed E-state index contributed by atoms with van der Waals surface area (Å²) in [5, 5.41) is 41.8. The SMILES string of the molecule is CCc1c(C2C3CC(C(=O)OC(C)(C)C)C(C3)C2C2C3CC(C(=O)O)C(C3)C2C)c(O)n(CCCO)c1O. The van der Waals surface area contributed by atoms with Crippen molar-refractivity contribution in [3.63, 3.8) is 0 Å². The molecule has 1 aromatic heterocycles. The van der Waals surface area contributed by atoms with Gasteiger partial charge in [-0.05, 0) is 107 Å². The first-order valence-electron chi connectivity index (χ1n) is 14.6. The fourth-order valence-corrected chi connectivity index (χ4v) is 9.49. The Hall–Kier alpha value is -2.22. The topological polar surface area (TPSA) is 129 Å². The molecule has 5 rings (SSSR count). The van der Waals surface area contributed by atoms with Crippen molar-refractivity contribution in [3.8, 4) is 11.8 Å². The van der Waals surface area contributed by atoms with Crippen LogP contribution in [0.1, 0.15) is 83.8 Å². The number of aliphatic hydroxyl groups is 1. The van der Waals surface area contributed by atoms with E-state index < -0.39 is 11.6 Å². The fraction of sp³-hybridized carbons (Fsp3) is 0.800. The first-order chi connectivity index (χ1) is 17.9. The molecule has 0 spiro atoms. The summed E-state index contributed by atoms with van der Waals surface area (Å²) in [4.78, 5) is 25.4. The first-order valence-corrected chi connectivity index (χ1v) is 14.6. The second-order valence-electron chi connectivity index (χ2n) is 13.5. The second kappa shape index (κ2) is 9.76. The lowest BCUT2D eigenvalue weighted by molar-refractivity contribution is -0.163. The number of fused-ring (bicyclic) bond motifs is 4. The number of aliphatic hydroxyl groups excluding tert-OH is 1. The Bertz CT molecular complexity index is 1090. The lowest BCUT2D eigenvalue weighted by Gasteiger charge is -2.45. The number of rotatable bonds is 8. The van der Waals surface area contributed by atoms with Crippen LogP contribution in [0.5, 0.6) is 11.8 Å². The molecular formula is C30H45NO7. The molecule has 4 aliphatic carbocycles. The van der Waals surface area contributed by atoms with Crippen molar-refractivity contribution < 1.29 is 34.8 Å². The second-order valence-corrected chi connectivity index (χ2v) is 13.5. The van der Waals surface area contributed by atoms with Gasteiger partial charge in [-0.25, -0.2) is 0 Å². The van der Waals surface area contributed by atoms with Gasteiger partial charge in [0.05, 0.1) is 11.8 Å². The number of nitrogens with zero attached hydrogens (tertiary/aromatic N) is 1. The average Bonchev–Trinajstić information content (AvgIpc) is 3.62. The van der Waals surface area contributed by atoms with Gasteiger partial charge in [-0.3, -0.25) is 14.2 Å². The molecule has 4 aliphatic rings. The van der Waals surface area contributed by atoms with E-state index in [2.05, 4.69) is 6.92 Å². The van der Waals surface area contributed by atoms with Crippen LogP contribution >= 0.6 is 0 Å². The third kappa shape index (κ3) is 4.22. The van der Waals surface area contributed by atoms with Gasteiger partial charge < -0.3 is 25.2 Å². The number of carboxylic acids is 1. The van der Waals surface area contributed by atoms with E-state index >= 15 is 0 Å². The van der Waals surface area contributed by atoms with Gasteiger partial charge in [-0.15, -0.1) is 0 Å². The number of hydrogen-bond acceptors (Lipinski definition) is 6. The van der Waals surface area contributed by atoms with Gasteiger partial charge in [-0.2, -0.15) is 0 Å². The number of carbonyl (C=O) groups excluding carboxylic acids is 1. The number of aromatic nitrogens is 1. The van der Waals surface area contributed by atoms with Crippen LogP contribution in [0.2, 0.25) is 0 Å². The highest BCUT2D eigenvalue weighted by molar-refractivity contribution is 5.74. The van der Waals surface area contributed by atoms with Gasteiger partial charge in [0, 0.05) is 24.3 Å². The molecule has 0 saturated heterocycles. The molecule has 8 nitrogen and oxygen atoms in total. The van der Waals surface area contributed by atoms with Crippen molar-refractivity contribution in [1.29, 1.82) is 0 Å². The van der Waals surface area contributed by atoms with Crippen LogP contribution in [0.4, 0.5) is 0 Å². The Morgan fingerprint density at radius 1 is 0.974 bits per heavy atom. The summed E-state index contributed by atoms with van der Waals surface area (Å²) in [6, 6.07) is 0. The number of esters is 1. The average molecular weight is 532 g/mol. The highest BCUT2D eigenvalue weighted by Crippen LogP contribution is 2.69. The van der Waals surface area contributed by atoms with E-state index in [-0.39, 0.29) is 77.6 Å². The van der Waals surface area contributed by atoms with Crippen molar-refractivity contribution in [3.05, 3.63) is 11.1 Å². The third-order valence-electron chi connectivity index (χ3n) is 10.6.